The van der Waals surface area contributed by atoms with Gasteiger partial charge in [0.05, 0.1) is 12.2 Å². The summed E-state index contributed by atoms with van der Waals surface area (Å²) in [6.45, 7) is 3.78. The zero-order chi connectivity index (χ0) is 16.7. The van der Waals surface area contributed by atoms with Crippen LogP contribution < -0.4 is 0 Å². The third-order valence-electron chi connectivity index (χ3n) is 3.89. The highest BCUT2D eigenvalue weighted by atomic mass is 16.3. The lowest BCUT2D eigenvalue weighted by Gasteiger charge is -2.17. The van der Waals surface area contributed by atoms with Gasteiger partial charge in [-0.05, 0) is 36.1 Å². The van der Waals surface area contributed by atoms with E-state index in [-0.39, 0.29) is 0 Å². The van der Waals surface area contributed by atoms with Gasteiger partial charge in [-0.2, -0.15) is 0 Å². The Labute approximate surface area is 138 Å². The molecule has 2 nitrogen and oxygen atoms in total. The fourth-order valence-electron chi connectivity index (χ4n) is 2.40. The average molecular weight is 308 g/mol. The van der Waals surface area contributed by atoms with Crippen molar-refractivity contribution < 1.29 is 10.2 Å². The van der Waals surface area contributed by atoms with Gasteiger partial charge in [-0.15, -0.1) is 0 Å². The van der Waals surface area contributed by atoms with Gasteiger partial charge in [0.1, 0.15) is 0 Å². The standard InChI is InChI=1S/C21H24O2/c1-16(13-18-9-5-3-6-10-18)20(22)15-21(23)17(2)14-19-11-7-4-8-12-19/h3-14,20-23H,15H2,1-2H3/b16-13+,17-14+/t20-,21-/m0/s1. The van der Waals surface area contributed by atoms with Gasteiger partial charge in [0, 0.05) is 6.42 Å². The molecule has 0 saturated heterocycles. The molecule has 2 atom stereocenters. The van der Waals surface area contributed by atoms with Crippen molar-refractivity contribution in [2.75, 3.05) is 0 Å². The zero-order valence-electron chi connectivity index (χ0n) is 13.7. The third kappa shape index (κ3) is 5.51. The largest absolute Gasteiger partial charge is 0.389 e. The molecule has 2 N–H and O–H groups in total. The van der Waals surface area contributed by atoms with Gasteiger partial charge < -0.3 is 10.2 Å². The number of aliphatic hydroxyl groups is 2. The Hall–Kier alpha value is -2.16. The van der Waals surface area contributed by atoms with E-state index in [2.05, 4.69) is 0 Å². The van der Waals surface area contributed by atoms with E-state index in [1.54, 1.807) is 0 Å². The Bertz CT molecular complexity index is 597. The summed E-state index contributed by atoms with van der Waals surface area (Å²) in [6, 6.07) is 19.8. The van der Waals surface area contributed by atoms with Crippen LogP contribution in [-0.2, 0) is 0 Å². The average Bonchev–Trinajstić information content (AvgIpc) is 2.56. The molecule has 0 aliphatic rings. The van der Waals surface area contributed by atoms with Gasteiger partial charge in [0.25, 0.3) is 0 Å². The number of aliphatic hydroxyl groups excluding tert-OH is 2. The van der Waals surface area contributed by atoms with Gasteiger partial charge in [-0.25, -0.2) is 0 Å². The molecule has 0 fully saturated rings. The van der Waals surface area contributed by atoms with Crippen molar-refractivity contribution in [1.29, 1.82) is 0 Å². The smallest absolute Gasteiger partial charge is 0.0778 e. The predicted molar refractivity (Wildman–Crippen MR) is 96.8 cm³/mol. The van der Waals surface area contributed by atoms with E-state index in [9.17, 15) is 10.2 Å². The molecule has 23 heavy (non-hydrogen) atoms. The van der Waals surface area contributed by atoms with Gasteiger partial charge >= 0.3 is 0 Å². The van der Waals surface area contributed by atoms with Crippen molar-refractivity contribution in [2.24, 2.45) is 0 Å². The van der Waals surface area contributed by atoms with Gasteiger partial charge in [-0.3, -0.25) is 0 Å². The van der Waals surface area contributed by atoms with Gasteiger partial charge in [0.2, 0.25) is 0 Å². The van der Waals surface area contributed by atoms with Gasteiger partial charge in [0.15, 0.2) is 0 Å². The first-order chi connectivity index (χ1) is 11.1. The molecule has 2 aromatic carbocycles. The molecular formula is C21H24O2. The minimum absolute atomic E-state index is 0.296. The Morgan fingerprint density at radius 2 is 1.09 bits per heavy atom. The van der Waals surface area contributed by atoms with Crippen LogP contribution in [0.2, 0.25) is 0 Å². The quantitative estimate of drug-likeness (QED) is 0.835. The molecule has 0 spiro atoms. The van der Waals surface area contributed by atoms with Crippen LogP contribution in [0.4, 0.5) is 0 Å². The molecule has 0 amide bonds. The maximum Gasteiger partial charge on any atom is 0.0778 e. The molecule has 2 rings (SSSR count). The summed E-state index contributed by atoms with van der Waals surface area (Å²) in [5.41, 5.74) is 3.80. The van der Waals surface area contributed by atoms with Crippen molar-refractivity contribution >= 4 is 12.2 Å². The fourth-order valence-corrected chi connectivity index (χ4v) is 2.40. The molecule has 2 heteroatoms. The normalized spacial score (nSPS) is 15.3. The molecule has 0 heterocycles. The minimum Gasteiger partial charge on any atom is -0.389 e. The highest BCUT2D eigenvalue weighted by Gasteiger charge is 2.15. The van der Waals surface area contributed by atoms with E-state index >= 15 is 0 Å². The topological polar surface area (TPSA) is 40.5 Å². The number of benzene rings is 2. The SMILES string of the molecule is C/C(=C\c1ccccc1)[C@@H](O)C[C@H](O)/C(C)=C/c1ccccc1. The van der Waals surface area contributed by atoms with Crippen molar-refractivity contribution in [2.45, 2.75) is 32.5 Å². The van der Waals surface area contributed by atoms with E-state index < -0.39 is 12.2 Å². The molecule has 0 aromatic heterocycles. The highest BCUT2D eigenvalue weighted by molar-refractivity contribution is 5.54. The molecule has 0 aliphatic heterocycles. The molecule has 0 saturated carbocycles. The summed E-state index contributed by atoms with van der Waals surface area (Å²) in [7, 11) is 0. The second-order valence-electron chi connectivity index (χ2n) is 5.87. The molecule has 0 bridgehead atoms. The first kappa shape index (κ1) is 17.2. The zero-order valence-corrected chi connectivity index (χ0v) is 13.7. The Morgan fingerprint density at radius 1 is 0.739 bits per heavy atom. The molecule has 2 aromatic rings. The Morgan fingerprint density at radius 3 is 1.43 bits per heavy atom. The second kappa shape index (κ2) is 8.47. The monoisotopic (exact) mass is 308 g/mol. The fraction of sp³-hybridized carbons (Fsp3) is 0.238. The lowest BCUT2D eigenvalue weighted by molar-refractivity contribution is 0.121. The van der Waals surface area contributed by atoms with Crippen LogP contribution >= 0.6 is 0 Å². The summed E-state index contributed by atoms with van der Waals surface area (Å²) < 4.78 is 0. The number of hydrogen-bond acceptors (Lipinski definition) is 2. The maximum absolute atomic E-state index is 10.3. The van der Waals surface area contributed by atoms with Crippen LogP contribution in [0.25, 0.3) is 12.2 Å². The van der Waals surface area contributed by atoms with Crippen LogP contribution in [-0.4, -0.2) is 22.4 Å². The predicted octanol–water partition coefficient (Wildman–Crippen LogP) is 4.31. The highest BCUT2D eigenvalue weighted by Crippen LogP contribution is 2.18. The van der Waals surface area contributed by atoms with Crippen LogP contribution in [0.1, 0.15) is 31.4 Å². The van der Waals surface area contributed by atoms with Crippen LogP contribution in [0, 0.1) is 0 Å². The van der Waals surface area contributed by atoms with Crippen molar-refractivity contribution in [3.63, 3.8) is 0 Å². The van der Waals surface area contributed by atoms with E-state index in [1.807, 2.05) is 86.7 Å². The minimum atomic E-state index is -0.663. The first-order valence-electron chi connectivity index (χ1n) is 7.89. The molecule has 120 valence electrons. The Balaban J connectivity index is 2.00. The second-order valence-corrected chi connectivity index (χ2v) is 5.87. The van der Waals surface area contributed by atoms with E-state index in [0.717, 1.165) is 22.3 Å². The van der Waals surface area contributed by atoms with E-state index in [4.69, 9.17) is 0 Å². The first-order valence-corrected chi connectivity index (χ1v) is 7.89. The van der Waals surface area contributed by atoms with Crippen LogP contribution in [0.15, 0.2) is 71.8 Å². The lowest BCUT2D eigenvalue weighted by atomic mass is 9.98. The Kier molecular flexibility index (Phi) is 6.33. The summed E-state index contributed by atoms with van der Waals surface area (Å²) in [5, 5.41) is 20.6. The summed E-state index contributed by atoms with van der Waals surface area (Å²) >= 11 is 0. The summed E-state index contributed by atoms with van der Waals surface area (Å²) in [5.74, 6) is 0. The van der Waals surface area contributed by atoms with E-state index in [1.165, 1.54) is 0 Å². The van der Waals surface area contributed by atoms with Crippen molar-refractivity contribution in [1.82, 2.24) is 0 Å². The maximum atomic E-state index is 10.3. The van der Waals surface area contributed by atoms with E-state index in [0.29, 0.717) is 6.42 Å². The molecular weight excluding hydrogens is 284 g/mol. The molecule has 0 unspecified atom stereocenters. The van der Waals surface area contributed by atoms with Gasteiger partial charge in [-0.1, -0.05) is 72.8 Å². The van der Waals surface area contributed by atoms with Crippen LogP contribution in [0.5, 0.6) is 0 Å². The third-order valence-corrected chi connectivity index (χ3v) is 3.89. The summed E-state index contributed by atoms with van der Waals surface area (Å²) in [4.78, 5) is 0. The van der Waals surface area contributed by atoms with Crippen LogP contribution in [0.3, 0.4) is 0 Å². The number of hydrogen-bond donors (Lipinski definition) is 2. The lowest BCUT2D eigenvalue weighted by Crippen LogP contribution is -2.19. The van der Waals surface area contributed by atoms with Crippen molar-refractivity contribution in [3.05, 3.63) is 82.9 Å². The number of rotatable bonds is 6. The molecule has 0 radical (unpaired) electrons. The van der Waals surface area contributed by atoms with Crippen molar-refractivity contribution in [3.8, 4) is 0 Å². The molecule has 0 aliphatic carbocycles. The summed E-state index contributed by atoms with van der Waals surface area (Å²) in [6.07, 6.45) is 2.87.